The van der Waals surface area contributed by atoms with Crippen LogP contribution >= 0.6 is 0 Å². The summed E-state index contributed by atoms with van der Waals surface area (Å²) in [4.78, 5) is 19.9. The molecular formula is C50H31N7. The SMILES string of the molecule is c1ccc(-c2nc(-c3ccccc3)nc(-n3c4ccccc4c4cc5c(cc43)c3ccccc3n5-c3ccc4c(c3)c3ccncc3n4-c3ccccc3)n2)cc1. The van der Waals surface area contributed by atoms with Crippen molar-refractivity contribution < 1.29 is 0 Å². The molecule has 0 saturated heterocycles. The van der Waals surface area contributed by atoms with Gasteiger partial charge >= 0.3 is 0 Å². The number of rotatable bonds is 5. The second-order valence-corrected chi connectivity index (χ2v) is 14.4. The number of pyridine rings is 1. The van der Waals surface area contributed by atoms with Crippen LogP contribution in [0.1, 0.15) is 0 Å². The van der Waals surface area contributed by atoms with Gasteiger partial charge in [-0.25, -0.2) is 4.98 Å². The first-order valence-corrected chi connectivity index (χ1v) is 19.1. The molecule has 12 rings (SSSR count). The van der Waals surface area contributed by atoms with Crippen LogP contribution in [0.15, 0.2) is 188 Å². The monoisotopic (exact) mass is 729 g/mol. The summed E-state index contributed by atoms with van der Waals surface area (Å²) in [5, 5.41) is 6.92. The Kier molecular flexibility index (Phi) is 6.79. The fraction of sp³-hybridized carbons (Fsp3) is 0. The van der Waals surface area contributed by atoms with Crippen molar-refractivity contribution >= 4 is 65.4 Å². The summed E-state index contributed by atoms with van der Waals surface area (Å²) >= 11 is 0. The molecule has 0 N–H and O–H groups in total. The van der Waals surface area contributed by atoms with E-state index < -0.39 is 0 Å². The Bertz CT molecular complexity index is 3450. The van der Waals surface area contributed by atoms with E-state index in [1.807, 2.05) is 73.1 Å². The predicted molar refractivity (Wildman–Crippen MR) is 232 cm³/mol. The Hall–Kier alpha value is -7.90. The van der Waals surface area contributed by atoms with Gasteiger partial charge in [0.15, 0.2) is 11.6 Å². The molecule has 0 spiro atoms. The van der Waals surface area contributed by atoms with Gasteiger partial charge in [-0.2, -0.15) is 9.97 Å². The molecular weight excluding hydrogens is 699 g/mol. The van der Waals surface area contributed by atoms with E-state index in [1.54, 1.807) is 0 Å². The molecule has 266 valence electrons. The van der Waals surface area contributed by atoms with E-state index in [2.05, 4.69) is 134 Å². The zero-order valence-corrected chi connectivity index (χ0v) is 30.5. The fourth-order valence-corrected chi connectivity index (χ4v) is 8.67. The quantitative estimate of drug-likeness (QED) is 0.177. The molecule has 0 bridgehead atoms. The number of fused-ring (bicyclic) bond motifs is 9. The molecule has 12 aromatic rings. The van der Waals surface area contributed by atoms with Gasteiger partial charge in [0, 0.05) is 61.0 Å². The normalized spacial score (nSPS) is 11.9. The van der Waals surface area contributed by atoms with Gasteiger partial charge in [0.2, 0.25) is 5.95 Å². The lowest BCUT2D eigenvalue weighted by molar-refractivity contribution is 0.954. The van der Waals surface area contributed by atoms with Gasteiger partial charge in [-0.1, -0.05) is 115 Å². The largest absolute Gasteiger partial charge is 0.309 e. The third kappa shape index (κ3) is 4.79. The fourth-order valence-electron chi connectivity index (χ4n) is 8.67. The smallest absolute Gasteiger partial charge is 0.238 e. The minimum absolute atomic E-state index is 0.576. The number of para-hydroxylation sites is 3. The molecule has 5 heterocycles. The highest BCUT2D eigenvalue weighted by atomic mass is 15.2. The van der Waals surface area contributed by atoms with E-state index in [4.69, 9.17) is 15.0 Å². The predicted octanol–water partition coefficient (Wildman–Crippen LogP) is 11.9. The molecule has 57 heavy (non-hydrogen) atoms. The second-order valence-electron chi connectivity index (χ2n) is 14.4. The van der Waals surface area contributed by atoms with Crippen molar-refractivity contribution in [1.82, 2.24) is 33.6 Å². The van der Waals surface area contributed by atoms with Gasteiger partial charge in [-0.05, 0) is 60.7 Å². The average molecular weight is 730 g/mol. The highest BCUT2D eigenvalue weighted by Gasteiger charge is 2.22. The summed E-state index contributed by atoms with van der Waals surface area (Å²) in [7, 11) is 0. The first-order chi connectivity index (χ1) is 28.3. The molecule has 0 radical (unpaired) electrons. The maximum absolute atomic E-state index is 5.17. The third-order valence-corrected chi connectivity index (χ3v) is 11.2. The Balaban J connectivity index is 1.14. The van der Waals surface area contributed by atoms with Crippen molar-refractivity contribution in [3.05, 3.63) is 188 Å². The number of hydrogen-bond donors (Lipinski definition) is 0. The van der Waals surface area contributed by atoms with Crippen LogP contribution in [0.2, 0.25) is 0 Å². The van der Waals surface area contributed by atoms with E-state index in [1.165, 1.54) is 16.2 Å². The molecule has 0 unspecified atom stereocenters. The summed E-state index contributed by atoms with van der Waals surface area (Å²) < 4.78 is 6.92. The Morgan fingerprint density at radius 3 is 1.46 bits per heavy atom. The minimum Gasteiger partial charge on any atom is -0.309 e. The Labute approximate surface area is 326 Å². The molecule has 0 fully saturated rings. The molecule has 5 aromatic heterocycles. The summed E-state index contributed by atoms with van der Waals surface area (Å²) in [6.45, 7) is 0. The van der Waals surface area contributed by atoms with Crippen LogP contribution in [0, 0.1) is 0 Å². The average Bonchev–Trinajstić information content (AvgIpc) is 3.91. The van der Waals surface area contributed by atoms with Gasteiger partial charge in [0.1, 0.15) is 0 Å². The standard InChI is InChI=1S/C50H31N7/c1-4-14-32(15-5-1)48-52-49(33-16-6-2-7-17-33)54-50(53-48)57-43-23-13-11-21-37(43)41-29-45-40(30-46(41)57)36-20-10-12-22-42(36)56(45)35-24-25-44-39(28-35)38-26-27-51-31-47(38)55(44)34-18-8-3-9-19-34/h1-31H. The van der Waals surface area contributed by atoms with E-state index in [0.717, 1.165) is 71.8 Å². The maximum Gasteiger partial charge on any atom is 0.238 e. The molecule has 0 atom stereocenters. The summed E-state index contributed by atoms with van der Waals surface area (Å²) in [5.74, 6) is 1.83. The third-order valence-electron chi connectivity index (χ3n) is 11.2. The number of aromatic nitrogens is 7. The van der Waals surface area contributed by atoms with Crippen LogP contribution < -0.4 is 0 Å². The highest BCUT2D eigenvalue weighted by Crippen LogP contribution is 2.41. The summed E-state index contributed by atoms with van der Waals surface area (Å²) in [5.41, 5.74) is 10.6. The molecule has 7 heteroatoms. The lowest BCUT2D eigenvalue weighted by Crippen LogP contribution is -2.06. The van der Waals surface area contributed by atoms with Crippen LogP contribution in [0.5, 0.6) is 0 Å². The van der Waals surface area contributed by atoms with Crippen molar-refractivity contribution in [2.45, 2.75) is 0 Å². The molecule has 0 aliphatic heterocycles. The van der Waals surface area contributed by atoms with Crippen LogP contribution in [0.4, 0.5) is 0 Å². The van der Waals surface area contributed by atoms with Gasteiger partial charge in [0.25, 0.3) is 0 Å². The zero-order chi connectivity index (χ0) is 37.5. The van der Waals surface area contributed by atoms with Gasteiger partial charge in [0.05, 0.1) is 39.3 Å². The van der Waals surface area contributed by atoms with E-state index in [9.17, 15) is 0 Å². The van der Waals surface area contributed by atoms with Crippen molar-refractivity contribution in [3.8, 4) is 40.1 Å². The molecule has 0 aliphatic carbocycles. The van der Waals surface area contributed by atoms with Crippen LogP contribution in [-0.4, -0.2) is 33.6 Å². The number of nitrogens with zero attached hydrogens (tertiary/aromatic N) is 7. The van der Waals surface area contributed by atoms with Crippen molar-refractivity contribution in [3.63, 3.8) is 0 Å². The van der Waals surface area contributed by atoms with Gasteiger partial charge in [-0.15, -0.1) is 0 Å². The van der Waals surface area contributed by atoms with Crippen LogP contribution in [-0.2, 0) is 0 Å². The maximum atomic E-state index is 5.17. The van der Waals surface area contributed by atoms with Crippen molar-refractivity contribution in [1.29, 1.82) is 0 Å². The Morgan fingerprint density at radius 1 is 0.316 bits per heavy atom. The molecule has 0 aliphatic rings. The number of benzene rings is 7. The minimum atomic E-state index is 0.576. The summed E-state index contributed by atoms with van der Waals surface area (Å²) in [6.07, 6.45) is 3.85. The topological polar surface area (TPSA) is 66.3 Å². The zero-order valence-electron chi connectivity index (χ0n) is 30.5. The van der Waals surface area contributed by atoms with E-state index >= 15 is 0 Å². The van der Waals surface area contributed by atoms with Crippen molar-refractivity contribution in [2.75, 3.05) is 0 Å². The van der Waals surface area contributed by atoms with Crippen LogP contribution in [0.3, 0.4) is 0 Å². The first kappa shape index (κ1) is 31.5. The first-order valence-electron chi connectivity index (χ1n) is 19.1. The van der Waals surface area contributed by atoms with Gasteiger partial charge < -0.3 is 9.13 Å². The molecule has 7 aromatic carbocycles. The lowest BCUT2D eigenvalue weighted by atomic mass is 10.1. The summed E-state index contributed by atoms with van der Waals surface area (Å²) in [6, 6.07) is 61.7. The molecule has 0 amide bonds. The van der Waals surface area contributed by atoms with E-state index in [0.29, 0.717) is 17.6 Å². The highest BCUT2D eigenvalue weighted by molar-refractivity contribution is 6.19. The lowest BCUT2D eigenvalue weighted by Gasteiger charge is -2.11. The second kappa shape index (κ2) is 12.3. The Morgan fingerprint density at radius 2 is 0.807 bits per heavy atom. The van der Waals surface area contributed by atoms with Crippen LogP contribution in [0.25, 0.3) is 106 Å². The van der Waals surface area contributed by atoms with Gasteiger partial charge in [-0.3, -0.25) is 9.55 Å². The van der Waals surface area contributed by atoms with E-state index in [-0.39, 0.29) is 0 Å². The molecule has 7 nitrogen and oxygen atoms in total. The molecule has 0 saturated carbocycles. The number of hydrogen-bond acceptors (Lipinski definition) is 4. The van der Waals surface area contributed by atoms with Crippen molar-refractivity contribution in [2.24, 2.45) is 0 Å².